The summed E-state index contributed by atoms with van der Waals surface area (Å²) in [6.45, 7) is 8.24. The summed E-state index contributed by atoms with van der Waals surface area (Å²) in [6, 6.07) is 22.4. The maximum absolute atomic E-state index is 2.43. The topological polar surface area (TPSA) is 8.81 Å². The highest BCUT2D eigenvalue weighted by atomic mass is 15.1. The molecule has 0 radical (unpaired) electrons. The predicted octanol–water partition coefficient (Wildman–Crippen LogP) is 10.4. The van der Waals surface area contributed by atoms with Crippen LogP contribution in [0.4, 0.5) is 0 Å². The van der Waals surface area contributed by atoms with Crippen LogP contribution in [0.1, 0.15) is 134 Å². The van der Waals surface area contributed by atoms with Crippen LogP contribution >= 0.6 is 0 Å². The first-order valence-corrected chi connectivity index (χ1v) is 16.3. The fourth-order valence-electron chi connectivity index (χ4n) is 6.10. The number of hydrogen-bond acceptors (Lipinski definition) is 0. The molecule has 0 amide bonds. The number of benzene rings is 2. The second-order valence-corrected chi connectivity index (χ2v) is 12.2. The zero-order valence-electron chi connectivity index (χ0n) is 25.5. The molecule has 0 aliphatic rings. The molecule has 2 unspecified atom stereocenters. The van der Waals surface area contributed by atoms with Gasteiger partial charge in [-0.05, 0) is 37.3 Å². The van der Waals surface area contributed by atoms with Crippen LogP contribution in [-0.2, 0) is 18.4 Å². The number of unbranched alkanes of at least 4 members (excludes halogenated alkanes) is 14. The van der Waals surface area contributed by atoms with Crippen molar-refractivity contribution >= 4 is 0 Å². The van der Waals surface area contributed by atoms with Crippen molar-refractivity contribution in [3.05, 3.63) is 90.5 Å². The van der Waals surface area contributed by atoms with Gasteiger partial charge in [-0.15, -0.1) is 0 Å². The molecule has 3 aromatic rings. The molecule has 214 valence electrons. The average Bonchev–Trinajstić information content (AvgIpc) is 3.44. The van der Waals surface area contributed by atoms with Crippen LogP contribution in [0.2, 0.25) is 0 Å². The van der Waals surface area contributed by atoms with Gasteiger partial charge in [0.15, 0.2) is 0 Å². The second kappa shape index (κ2) is 18.1. The van der Waals surface area contributed by atoms with Gasteiger partial charge in [-0.2, -0.15) is 0 Å². The molecule has 0 spiro atoms. The van der Waals surface area contributed by atoms with Crippen LogP contribution in [0.5, 0.6) is 0 Å². The Labute approximate surface area is 240 Å². The molecule has 39 heavy (non-hydrogen) atoms. The van der Waals surface area contributed by atoms with Crippen molar-refractivity contribution in [3.8, 4) is 0 Å². The summed E-state index contributed by atoms with van der Waals surface area (Å²) >= 11 is 0. The Morgan fingerprint density at radius 2 is 1.15 bits per heavy atom. The van der Waals surface area contributed by atoms with Crippen molar-refractivity contribution in [2.24, 2.45) is 0 Å². The molecule has 1 heterocycles. The Hall–Kier alpha value is -2.35. The van der Waals surface area contributed by atoms with E-state index in [1.165, 1.54) is 107 Å². The van der Waals surface area contributed by atoms with E-state index in [0.717, 1.165) is 13.0 Å². The van der Waals surface area contributed by atoms with Crippen molar-refractivity contribution in [2.75, 3.05) is 0 Å². The standard InChI is InChI=1S/C37H57N2/c1-4-5-6-7-8-9-10-11-12-13-14-15-16-17-24-29-38-30-31-39(33-38)34(2)37(3,36-27-22-19-23-28-36)32-35-25-20-18-21-26-35/h18-23,25-28,30-31,33-34H,4-17,24,29,32H2,1-3H3/q+1. The van der Waals surface area contributed by atoms with E-state index in [2.05, 4.69) is 109 Å². The zero-order valence-corrected chi connectivity index (χ0v) is 25.5. The lowest BCUT2D eigenvalue weighted by Crippen LogP contribution is -2.36. The maximum atomic E-state index is 2.43. The zero-order chi connectivity index (χ0) is 27.6. The summed E-state index contributed by atoms with van der Waals surface area (Å²) in [5.74, 6) is 0. The highest BCUT2D eigenvalue weighted by molar-refractivity contribution is 5.30. The van der Waals surface area contributed by atoms with Gasteiger partial charge in [-0.25, -0.2) is 9.13 Å². The van der Waals surface area contributed by atoms with Gasteiger partial charge in [0.25, 0.3) is 0 Å². The van der Waals surface area contributed by atoms with Crippen LogP contribution in [-0.4, -0.2) is 4.57 Å². The monoisotopic (exact) mass is 529 g/mol. The lowest BCUT2D eigenvalue weighted by Gasteiger charge is -2.34. The fraction of sp³-hybridized carbons (Fsp3) is 0.595. The fourth-order valence-corrected chi connectivity index (χ4v) is 6.10. The molecular weight excluding hydrogens is 472 g/mol. The van der Waals surface area contributed by atoms with Gasteiger partial charge in [-0.3, -0.25) is 0 Å². The summed E-state index contributed by atoms with van der Waals surface area (Å²) in [5.41, 5.74) is 2.81. The Bertz CT molecular complexity index is 993. The first-order chi connectivity index (χ1) is 19.1. The van der Waals surface area contributed by atoms with Gasteiger partial charge in [0.05, 0.1) is 6.54 Å². The smallest absolute Gasteiger partial charge is 0.237 e. The minimum atomic E-state index is 0.00803. The van der Waals surface area contributed by atoms with E-state index >= 15 is 0 Å². The van der Waals surface area contributed by atoms with Crippen LogP contribution < -0.4 is 4.57 Å². The van der Waals surface area contributed by atoms with E-state index in [0.29, 0.717) is 6.04 Å². The largest absolute Gasteiger partial charge is 0.243 e. The van der Waals surface area contributed by atoms with Crippen molar-refractivity contribution < 1.29 is 4.57 Å². The molecule has 0 fully saturated rings. The lowest BCUT2D eigenvalue weighted by molar-refractivity contribution is -0.697. The van der Waals surface area contributed by atoms with Crippen LogP contribution in [0.3, 0.4) is 0 Å². The number of aryl methyl sites for hydroxylation is 1. The SMILES string of the molecule is CCCCCCCCCCCCCCCCC[n+]1ccn(C(C)C(C)(Cc2ccccc2)c2ccccc2)c1. The van der Waals surface area contributed by atoms with Crippen molar-refractivity contribution in [2.45, 2.75) is 142 Å². The minimum Gasteiger partial charge on any atom is -0.237 e. The summed E-state index contributed by atoms with van der Waals surface area (Å²) in [5, 5.41) is 0. The Balaban J connectivity index is 1.35. The van der Waals surface area contributed by atoms with Crippen molar-refractivity contribution in [1.29, 1.82) is 0 Å². The normalized spacial score (nSPS) is 13.8. The molecule has 0 saturated heterocycles. The Morgan fingerprint density at radius 3 is 1.69 bits per heavy atom. The van der Waals surface area contributed by atoms with Crippen LogP contribution in [0.25, 0.3) is 0 Å². The van der Waals surface area contributed by atoms with Crippen LogP contribution in [0, 0.1) is 0 Å². The van der Waals surface area contributed by atoms with E-state index in [1.807, 2.05) is 0 Å². The molecule has 0 bridgehead atoms. The van der Waals surface area contributed by atoms with E-state index in [4.69, 9.17) is 0 Å². The number of aromatic nitrogens is 2. The van der Waals surface area contributed by atoms with E-state index in [9.17, 15) is 0 Å². The summed E-state index contributed by atoms with van der Waals surface area (Å²) in [6.07, 6.45) is 29.2. The average molecular weight is 530 g/mol. The molecule has 3 rings (SSSR count). The molecule has 2 aromatic carbocycles. The van der Waals surface area contributed by atoms with E-state index < -0.39 is 0 Å². The van der Waals surface area contributed by atoms with Gasteiger partial charge < -0.3 is 0 Å². The van der Waals surface area contributed by atoms with Crippen molar-refractivity contribution in [1.82, 2.24) is 4.57 Å². The predicted molar refractivity (Wildman–Crippen MR) is 168 cm³/mol. The molecule has 0 N–H and O–H groups in total. The number of imidazole rings is 1. The highest BCUT2D eigenvalue weighted by Gasteiger charge is 2.37. The van der Waals surface area contributed by atoms with Crippen LogP contribution in [0.15, 0.2) is 79.4 Å². The van der Waals surface area contributed by atoms with E-state index in [-0.39, 0.29) is 5.41 Å². The quantitative estimate of drug-likeness (QED) is 0.0958. The molecule has 0 aliphatic heterocycles. The molecule has 2 nitrogen and oxygen atoms in total. The third kappa shape index (κ3) is 11.0. The molecule has 0 aliphatic carbocycles. The number of nitrogens with zero attached hydrogens (tertiary/aromatic N) is 2. The Morgan fingerprint density at radius 1 is 0.667 bits per heavy atom. The minimum absolute atomic E-state index is 0.00803. The lowest BCUT2D eigenvalue weighted by atomic mass is 9.72. The second-order valence-electron chi connectivity index (χ2n) is 12.2. The summed E-state index contributed by atoms with van der Waals surface area (Å²) in [7, 11) is 0. The maximum Gasteiger partial charge on any atom is 0.243 e. The first kappa shape index (κ1) is 31.2. The third-order valence-corrected chi connectivity index (χ3v) is 8.95. The molecular formula is C37H57N2+. The summed E-state index contributed by atoms with van der Waals surface area (Å²) in [4.78, 5) is 0. The third-order valence-electron chi connectivity index (χ3n) is 8.95. The first-order valence-electron chi connectivity index (χ1n) is 16.3. The Kier molecular flexibility index (Phi) is 14.5. The molecule has 2 atom stereocenters. The van der Waals surface area contributed by atoms with Gasteiger partial charge in [0.1, 0.15) is 18.4 Å². The van der Waals surface area contributed by atoms with Gasteiger partial charge >= 0.3 is 0 Å². The molecule has 2 heteroatoms. The van der Waals surface area contributed by atoms with Gasteiger partial charge in [-0.1, -0.05) is 158 Å². The molecule has 1 aromatic heterocycles. The van der Waals surface area contributed by atoms with Crippen molar-refractivity contribution in [3.63, 3.8) is 0 Å². The summed E-state index contributed by atoms with van der Waals surface area (Å²) < 4.78 is 4.83. The number of hydrogen-bond donors (Lipinski definition) is 0. The van der Waals surface area contributed by atoms with E-state index in [1.54, 1.807) is 0 Å². The highest BCUT2D eigenvalue weighted by Crippen LogP contribution is 2.38. The molecule has 0 saturated carbocycles. The van der Waals surface area contributed by atoms with Gasteiger partial charge in [0, 0.05) is 5.41 Å². The van der Waals surface area contributed by atoms with Gasteiger partial charge in [0.2, 0.25) is 6.33 Å². The number of rotatable bonds is 21.